The van der Waals surface area contributed by atoms with Gasteiger partial charge in [0.2, 0.25) is 5.91 Å². The van der Waals surface area contributed by atoms with Crippen LogP contribution in [0.2, 0.25) is 0 Å². The third kappa shape index (κ3) is 1.97. The van der Waals surface area contributed by atoms with Crippen molar-refractivity contribution >= 4 is 17.6 Å². The molecule has 0 aliphatic carbocycles. The van der Waals surface area contributed by atoms with Gasteiger partial charge in [-0.15, -0.1) is 0 Å². The van der Waals surface area contributed by atoms with Crippen LogP contribution in [-0.2, 0) is 16.0 Å². The standard InChI is InChI=1S/C13H16N2O3/c1-2-9(14)12(16)15-10-6-4-3-5-8(10)7-11(15)13(17)18/h3-6,9,11H,2,7,14H2,1H3,(H,17,18)/t9-,11?/m0/s1. The molecule has 0 radical (unpaired) electrons. The van der Waals surface area contributed by atoms with E-state index in [4.69, 9.17) is 5.73 Å². The van der Waals surface area contributed by atoms with Crippen LogP contribution in [0.25, 0.3) is 0 Å². The third-order valence-electron chi connectivity index (χ3n) is 3.26. The minimum atomic E-state index is -0.997. The van der Waals surface area contributed by atoms with Gasteiger partial charge in [0.05, 0.1) is 6.04 Å². The first kappa shape index (κ1) is 12.6. The van der Waals surface area contributed by atoms with Gasteiger partial charge in [-0.05, 0) is 18.1 Å². The van der Waals surface area contributed by atoms with Gasteiger partial charge in [0, 0.05) is 12.1 Å². The van der Waals surface area contributed by atoms with Gasteiger partial charge in [-0.2, -0.15) is 0 Å². The van der Waals surface area contributed by atoms with Crippen molar-refractivity contribution in [1.29, 1.82) is 0 Å². The second-order valence-corrected chi connectivity index (χ2v) is 4.41. The summed E-state index contributed by atoms with van der Waals surface area (Å²) < 4.78 is 0. The van der Waals surface area contributed by atoms with E-state index in [9.17, 15) is 14.7 Å². The van der Waals surface area contributed by atoms with E-state index in [-0.39, 0.29) is 5.91 Å². The topological polar surface area (TPSA) is 83.6 Å². The predicted molar refractivity (Wildman–Crippen MR) is 67.3 cm³/mol. The number of rotatable bonds is 3. The van der Waals surface area contributed by atoms with E-state index in [2.05, 4.69) is 0 Å². The van der Waals surface area contributed by atoms with Crippen LogP contribution in [0.5, 0.6) is 0 Å². The fourth-order valence-corrected chi connectivity index (χ4v) is 2.21. The largest absolute Gasteiger partial charge is 0.480 e. The van der Waals surface area contributed by atoms with Crippen molar-refractivity contribution < 1.29 is 14.7 Å². The van der Waals surface area contributed by atoms with Crippen molar-refractivity contribution in [3.8, 4) is 0 Å². The van der Waals surface area contributed by atoms with Gasteiger partial charge in [-0.25, -0.2) is 4.79 Å². The first-order valence-corrected chi connectivity index (χ1v) is 5.95. The molecule has 2 rings (SSSR count). The molecule has 1 aromatic carbocycles. The van der Waals surface area contributed by atoms with Crippen LogP contribution in [0.15, 0.2) is 24.3 Å². The van der Waals surface area contributed by atoms with E-state index in [1.807, 2.05) is 12.1 Å². The molecule has 0 aromatic heterocycles. The molecule has 18 heavy (non-hydrogen) atoms. The van der Waals surface area contributed by atoms with Crippen molar-refractivity contribution in [2.45, 2.75) is 31.8 Å². The van der Waals surface area contributed by atoms with Gasteiger partial charge in [-0.3, -0.25) is 9.69 Å². The van der Waals surface area contributed by atoms with E-state index in [1.54, 1.807) is 19.1 Å². The number of fused-ring (bicyclic) bond motifs is 1. The minimum absolute atomic E-state index is 0.324. The third-order valence-corrected chi connectivity index (χ3v) is 3.26. The molecule has 1 unspecified atom stereocenters. The Labute approximate surface area is 105 Å². The average molecular weight is 248 g/mol. The number of carbonyl (C=O) groups is 2. The predicted octanol–water partition coefficient (Wildman–Crippen LogP) is 0.766. The Morgan fingerprint density at radius 3 is 2.78 bits per heavy atom. The molecule has 0 spiro atoms. The molecular weight excluding hydrogens is 232 g/mol. The van der Waals surface area contributed by atoms with Crippen LogP contribution < -0.4 is 10.6 Å². The van der Waals surface area contributed by atoms with Crippen LogP contribution in [0, 0.1) is 0 Å². The Hall–Kier alpha value is -1.88. The zero-order chi connectivity index (χ0) is 13.3. The Morgan fingerprint density at radius 2 is 2.17 bits per heavy atom. The van der Waals surface area contributed by atoms with Crippen LogP contribution in [0.3, 0.4) is 0 Å². The lowest BCUT2D eigenvalue weighted by Gasteiger charge is -2.25. The number of carboxylic acid groups (broad SMARTS) is 1. The van der Waals surface area contributed by atoms with E-state index >= 15 is 0 Å². The zero-order valence-electron chi connectivity index (χ0n) is 10.2. The van der Waals surface area contributed by atoms with Crippen molar-refractivity contribution in [3.05, 3.63) is 29.8 Å². The maximum atomic E-state index is 12.2. The minimum Gasteiger partial charge on any atom is -0.480 e. The average Bonchev–Trinajstić information content (AvgIpc) is 2.76. The summed E-state index contributed by atoms with van der Waals surface area (Å²) in [6.07, 6.45) is 0.831. The van der Waals surface area contributed by atoms with Gasteiger partial charge in [0.25, 0.3) is 0 Å². The number of benzene rings is 1. The second-order valence-electron chi connectivity index (χ2n) is 4.41. The number of hydrogen-bond acceptors (Lipinski definition) is 3. The van der Waals surface area contributed by atoms with E-state index in [1.165, 1.54) is 4.90 Å². The number of anilines is 1. The number of carboxylic acids is 1. The molecule has 1 heterocycles. The van der Waals surface area contributed by atoms with Gasteiger partial charge in [0.1, 0.15) is 6.04 Å². The highest BCUT2D eigenvalue weighted by atomic mass is 16.4. The van der Waals surface area contributed by atoms with Crippen LogP contribution in [0.4, 0.5) is 5.69 Å². The van der Waals surface area contributed by atoms with Gasteiger partial charge < -0.3 is 10.8 Å². The summed E-state index contributed by atoms with van der Waals surface area (Å²) in [6.45, 7) is 1.81. The fraction of sp³-hybridized carbons (Fsp3) is 0.385. The van der Waals surface area contributed by atoms with Crippen molar-refractivity contribution in [2.75, 3.05) is 4.90 Å². The van der Waals surface area contributed by atoms with Crippen LogP contribution in [-0.4, -0.2) is 29.1 Å². The number of amides is 1. The number of nitrogens with two attached hydrogens (primary N) is 1. The maximum Gasteiger partial charge on any atom is 0.327 e. The zero-order valence-corrected chi connectivity index (χ0v) is 10.2. The van der Waals surface area contributed by atoms with Crippen molar-refractivity contribution in [1.82, 2.24) is 0 Å². The molecule has 1 aliphatic rings. The molecule has 0 fully saturated rings. The van der Waals surface area contributed by atoms with Crippen LogP contribution in [0.1, 0.15) is 18.9 Å². The highest BCUT2D eigenvalue weighted by Crippen LogP contribution is 2.32. The summed E-state index contributed by atoms with van der Waals surface area (Å²) >= 11 is 0. The molecule has 5 heteroatoms. The molecule has 5 nitrogen and oxygen atoms in total. The van der Waals surface area contributed by atoms with E-state index < -0.39 is 18.1 Å². The first-order valence-electron chi connectivity index (χ1n) is 5.95. The number of hydrogen-bond donors (Lipinski definition) is 2. The van der Waals surface area contributed by atoms with Crippen molar-refractivity contribution in [2.24, 2.45) is 5.73 Å². The lowest BCUT2D eigenvalue weighted by molar-refractivity contribution is -0.140. The summed E-state index contributed by atoms with van der Waals surface area (Å²) in [7, 11) is 0. The number of nitrogens with zero attached hydrogens (tertiary/aromatic N) is 1. The monoisotopic (exact) mass is 248 g/mol. The molecule has 1 aromatic rings. The molecule has 3 N–H and O–H groups in total. The summed E-state index contributed by atoms with van der Waals surface area (Å²) in [4.78, 5) is 24.8. The van der Waals surface area contributed by atoms with E-state index in [0.29, 0.717) is 18.5 Å². The first-order chi connectivity index (χ1) is 8.56. The molecule has 0 bridgehead atoms. The smallest absolute Gasteiger partial charge is 0.327 e. The normalized spacial score (nSPS) is 19.4. The Morgan fingerprint density at radius 1 is 1.50 bits per heavy atom. The highest BCUT2D eigenvalue weighted by Gasteiger charge is 2.39. The van der Waals surface area contributed by atoms with Gasteiger partial charge in [0.15, 0.2) is 0 Å². The lowest BCUT2D eigenvalue weighted by atomic mass is 10.1. The quantitative estimate of drug-likeness (QED) is 0.827. The van der Waals surface area contributed by atoms with Crippen LogP contribution >= 0.6 is 0 Å². The molecule has 0 saturated heterocycles. The number of aliphatic carboxylic acids is 1. The fourth-order valence-electron chi connectivity index (χ4n) is 2.21. The Balaban J connectivity index is 2.40. The second kappa shape index (κ2) is 4.78. The maximum absolute atomic E-state index is 12.2. The summed E-state index contributed by atoms with van der Waals surface area (Å²) in [5.74, 6) is -1.32. The molecular formula is C13H16N2O3. The van der Waals surface area contributed by atoms with E-state index in [0.717, 1.165) is 5.56 Å². The Kier molecular flexibility index (Phi) is 3.34. The molecule has 2 atom stereocenters. The number of para-hydroxylation sites is 1. The van der Waals surface area contributed by atoms with Gasteiger partial charge in [-0.1, -0.05) is 25.1 Å². The molecule has 96 valence electrons. The molecule has 1 amide bonds. The summed E-state index contributed by atoms with van der Waals surface area (Å²) in [5, 5.41) is 9.22. The van der Waals surface area contributed by atoms with Crippen molar-refractivity contribution in [3.63, 3.8) is 0 Å². The molecule has 1 aliphatic heterocycles. The van der Waals surface area contributed by atoms with Gasteiger partial charge >= 0.3 is 5.97 Å². The highest BCUT2D eigenvalue weighted by molar-refractivity contribution is 6.04. The lowest BCUT2D eigenvalue weighted by Crippen LogP contribution is -2.49. The Bertz CT molecular complexity index is 487. The number of carbonyl (C=O) groups excluding carboxylic acids is 1. The summed E-state index contributed by atoms with van der Waals surface area (Å²) in [6, 6.07) is 5.74. The SMILES string of the molecule is CC[C@H](N)C(=O)N1c2ccccc2CC1C(=O)O. The summed E-state index contributed by atoms with van der Waals surface area (Å²) in [5.41, 5.74) is 7.27. The molecule has 0 saturated carbocycles.